The highest BCUT2D eigenvalue weighted by molar-refractivity contribution is 7.89. The molecule has 0 spiro atoms. The first-order chi connectivity index (χ1) is 6.53. The van der Waals surface area contributed by atoms with Crippen molar-refractivity contribution in [3.05, 3.63) is 17.8 Å². The van der Waals surface area contributed by atoms with Crippen molar-refractivity contribution in [3.8, 4) is 0 Å². The van der Waals surface area contributed by atoms with Gasteiger partial charge in [0, 0.05) is 19.9 Å². The molecular formula is C8H14N2O3S. The molecule has 0 bridgehead atoms. The lowest BCUT2D eigenvalue weighted by Crippen LogP contribution is -2.27. The second kappa shape index (κ2) is 4.56. The number of oxazole rings is 1. The van der Waals surface area contributed by atoms with Crippen LogP contribution in [-0.2, 0) is 16.4 Å². The first kappa shape index (κ1) is 11.2. The van der Waals surface area contributed by atoms with Gasteiger partial charge in [0.05, 0.1) is 11.4 Å². The second-order valence-electron chi connectivity index (χ2n) is 2.91. The van der Waals surface area contributed by atoms with Crippen molar-refractivity contribution in [2.75, 3.05) is 12.3 Å². The predicted octanol–water partition coefficient (Wildman–Crippen LogP) is 0.465. The highest BCUT2D eigenvalue weighted by Crippen LogP contribution is 2.00. The van der Waals surface area contributed by atoms with E-state index in [-0.39, 0.29) is 5.75 Å². The Morgan fingerprint density at radius 1 is 1.57 bits per heavy atom. The molecule has 6 heteroatoms. The first-order valence-electron chi connectivity index (χ1n) is 4.42. The van der Waals surface area contributed by atoms with Crippen LogP contribution in [0.25, 0.3) is 0 Å². The Balaban J connectivity index is 2.36. The predicted molar refractivity (Wildman–Crippen MR) is 52.4 cm³/mol. The topological polar surface area (TPSA) is 72.2 Å². The van der Waals surface area contributed by atoms with Crippen molar-refractivity contribution in [3.63, 3.8) is 0 Å². The van der Waals surface area contributed by atoms with E-state index >= 15 is 0 Å². The van der Waals surface area contributed by atoms with Gasteiger partial charge in [-0.25, -0.2) is 18.1 Å². The molecule has 80 valence electrons. The maximum absolute atomic E-state index is 11.0. The molecule has 0 aliphatic rings. The average molecular weight is 218 g/mol. The number of nitrogens with zero attached hydrogens (tertiary/aromatic N) is 1. The minimum absolute atomic E-state index is 0.102. The Hall–Kier alpha value is -0.880. The lowest BCUT2D eigenvalue weighted by Gasteiger charge is -2.01. The Morgan fingerprint density at radius 3 is 2.79 bits per heavy atom. The van der Waals surface area contributed by atoms with Crippen LogP contribution in [0.4, 0.5) is 0 Å². The molecule has 1 N–H and O–H groups in total. The molecule has 0 amide bonds. The maximum Gasteiger partial charge on any atom is 0.211 e. The normalized spacial score (nSPS) is 11.9. The number of aryl methyl sites for hydroxylation is 1. The number of nitrogens with one attached hydrogen (secondary N) is 1. The van der Waals surface area contributed by atoms with Crippen LogP contribution >= 0.6 is 0 Å². The van der Waals surface area contributed by atoms with Crippen molar-refractivity contribution < 1.29 is 12.8 Å². The fourth-order valence-electron chi connectivity index (χ4n) is 0.960. The number of aromatic nitrogens is 1. The van der Waals surface area contributed by atoms with Gasteiger partial charge in [0.2, 0.25) is 10.0 Å². The van der Waals surface area contributed by atoms with Crippen LogP contribution in [0, 0.1) is 6.92 Å². The molecule has 14 heavy (non-hydrogen) atoms. The van der Waals surface area contributed by atoms with Gasteiger partial charge in [-0.3, -0.25) is 0 Å². The summed E-state index contributed by atoms with van der Waals surface area (Å²) in [6, 6.07) is 0. The monoisotopic (exact) mass is 218 g/mol. The van der Waals surface area contributed by atoms with E-state index in [2.05, 4.69) is 9.71 Å². The summed E-state index contributed by atoms with van der Waals surface area (Å²) in [7, 11) is -3.09. The third-order valence-corrected chi connectivity index (χ3v) is 3.15. The van der Waals surface area contributed by atoms with Gasteiger partial charge in [-0.2, -0.15) is 0 Å². The summed E-state index contributed by atoms with van der Waals surface area (Å²) < 4.78 is 29.5. The van der Waals surface area contributed by atoms with E-state index in [1.165, 1.54) is 6.26 Å². The van der Waals surface area contributed by atoms with Crippen molar-refractivity contribution in [1.29, 1.82) is 0 Å². The molecule has 1 aromatic heterocycles. The van der Waals surface area contributed by atoms with Crippen molar-refractivity contribution in [2.45, 2.75) is 20.3 Å². The molecule has 0 atom stereocenters. The van der Waals surface area contributed by atoms with E-state index in [9.17, 15) is 8.42 Å². The van der Waals surface area contributed by atoms with E-state index in [1.807, 2.05) is 0 Å². The summed E-state index contributed by atoms with van der Waals surface area (Å²) in [5.74, 6) is 0.698. The van der Waals surface area contributed by atoms with E-state index in [1.54, 1.807) is 13.8 Å². The van der Waals surface area contributed by atoms with Crippen LogP contribution < -0.4 is 4.72 Å². The van der Waals surface area contributed by atoms with Crippen LogP contribution in [0.2, 0.25) is 0 Å². The quantitative estimate of drug-likeness (QED) is 0.779. The highest BCUT2D eigenvalue weighted by atomic mass is 32.2. The number of rotatable bonds is 5. The Kier molecular flexibility index (Phi) is 3.65. The zero-order valence-corrected chi connectivity index (χ0v) is 9.10. The molecular weight excluding hydrogens is 204 g/mol. The fraction of sp³-hybridized carbons (Fsp3) is 0.625. The zero-order valence-electron chi connectivity index (χ0n) is 8.28. The summed E-state index contributed by atoms with van der Waals surface area (Å²) >= 11 is 0. The standard InChI is InChI=1S/C8H14N2O3S/c1-3-14(11,12)9-5-4-8-6-13-7(2)10-8/h6,9H,3-5H2,1-2H3. The molecule has 1 heterocycles. The highest BCUT2D eigenvalue weighted by Gasteiger charge is 2.06. The summed E-state index contributed by atoms with van der Waals surface area (Å²) in [4.78, 5) is 4.05. The Morgan fingerprint density at radius 2 is 2.29 bits per heavy atom. The molecule has 0 saturated heterocycles. The van der Waals surface area contributed by atoms with Gasteiger partial charge in [-0.05, 0) is 6.92 Å². The van der Waals surface area contributed by atoms with Crippen molar-refractivity contribution in [1.82, 2.24) is 9.71 Å². The molecule has 5 nitrogen and oxygen atoms in total. The van der Waals surface area contributed by atoms with Crippen LogP contribution in [-0.4, -0.2) is 25.7 Å². The van der Waals surface area contributed by atoms with Gasteiger partial charge in [-0.15, -0.1) is 0 Å². The lowest BCUT2D eigenvalue weighted by molar-refractivity contribution is 0.520. The lowest BCUT2D eigenvalue weighted by atomic mass is 10.3. The van der Waals surface area contributed by atoms with E-state index < -0.39 is 10.0 Å². The smallest absolute Gasteiger partial charge is 0.211 e. The zero-order chi connectivity index (χ0) is 10.6. The fourth-order valence-corrected chi connectivity index (χ4v) is 1.58. The summed E-state index contributed by atoms with van der Waals surface area (Å²) in [6.45, 7) is 3.71. The molecule has 0 aromatic carbocycles. The second-order valence-corrected chi connectivity index (χ2v) is 5.00. The van der Waals surface area contributed by atoms with Crippen molar-refractivity contribution in [2.24, 2.45) is 0 Å². The van der Waals surface area contributed by atoms with Crippen LogP contribution in [0.3, 0.4) is 0 Å². The number of hydrogen-bond donors (Lipinski definition) is 1. The molecule has 1 aromatic rings. The molecule has 0 fully saturated rings. The number of hydrogen-bond acceptors (Lipinski definition) is 4. The Labute approximate surface area is 83.6 Å². The van der Waals surface area contributed by atoms with Crippen LogP contribution in [0.1, 0.15) is 18.5 Å². The van der Waals surface area contributed by atoms with Gasteiger partial charge >= 0.3 is 0 Å². The molecule has 0 saturated carbocycles. The minimum Gasteiger partial charge on any atom is -0.449 e. The van der Waals surface area contributed by atoms with Gasteiger partial charge in [0.15, 0.2) is 5.89 Å². The van der Waals surface area contributed by atoms with E-state index in [0.717, 1.165) is 5.69 Å². The average Bonchev–Trinajstić information content (AvgIpc) is 2.51. The largest absolute Gasteiger partial charge is 0.449 e. The van der Waals surface area contributed by atoms with E-state index in [4.69, 9.17) is 4.42 Å². The third-order valence-electron chi connectivity index (χ3n) is 1.75. The van der Waals surface area contributed by atoms with Gasteiger partial charge < -0.3 is 4.42 Å². The van der Waals surface area contributed by atoms with Crippen LogP contribution in [0.5, 0.6) is 0 Å². The summed E-state index contributed by atoms with van der Waals surface area (Å²) in [5, 5.41) is 0. The van der Waals surface area contributed by atoms with Crippen LogP contribution in [0.15, 0.2) is 10.7 Å². The van der Waals surface area contributed by atoms with Crippen molar-refractivity contribution >= 4 is 10.0 Å². The molecule has 0 unspecified atom stereocenters. The first-order valence-corrected chi connectivity index (χ1v) is 6.07. The molecule has 0 aliphatic carbocycles. The maximum atomic E-state index is 11.0. The number of sulfonamides is 1. The van der Waals surface area contributed by atoms with Gasteiger partial charge in [0.25, 0.3) is 0 Å². The third kappa shape index (κ3) is 3.47. The minimum atomic E-state index is -3.09. The molecule has 0 radical (unpaired) electrons. The summed E-state index contributed by atoms with van der Waals surface area (Å²) in [5.41, 5.74) is 0.765. The molecule has 1 rings (SSSR count). The Bertz CT molecular complexity index is 383. The summed E-state index contributed by atoms with van der Waals surface area (Å²) in [6.07, 6.45) is 2.09. The van der Waals surface area contributed by atoms with E-state index in [0.29, 0.717) is 18.9 Å². The van der Waals surface area contributed by atoms with Gasteiger partial charge in [-0.1, -0.05) is 0 Å². The SMILES string of the molecule is CCS(=O)(=O)NCCc1coc(C)n1. The van der Waals surface area contributed by atoms with Gasteiger partial charge in [0.1, 0.15) is 6.26 Å². The molecule has 0 aliphatic heterocycles.